The molecule has 0 aliphatic rings. The maximum Gasteiger partial charge on any atom is 0.238 e. The van der Waals surface area contributed by atoms with Crippen LogP contribution < -0.4 is 10.6 Å². The number of hydrogen-bond acceptors (Lipinski definition) is 2. The molecule has 0 spiro atoms. The van der Waals surface area contributed by atoms with Crippen molar-refractivity contribution < 1.29 is 18.0 Å². The minimum Gasteiger partial charge on any atom is -0.322 e. The molecule has 1 amide bonds. The first-order valence-corrected chi connectivity index (χ1v) is 7.60. The first-order valence-electron chi connectivity index (χ1n) is 7.60. The molecule has 1 atom stereocenters. The number of carbonyl (C=O) groups excluding carboxylic acids is 1. The Labute approximate surface area is 138 Å². The minimum absolute atomic E-state index is 0.0871. The first kappa shape index (κ1) is 18.0. The van der Waals surface area contributed by atoms with Gasteiger partial charge in [-0.3, -0.25) is 4.79 Å². The highest BCUT2D eigenvalue weighted by molar-refractivity contribution is 5.92. The Morgan fingerprint density at radius 2 is 1.62 bits per heavy atom. The number of rotatable bonds is 6. The largest absolute Gasteiger partial charge is 0.322 e. The van der Waals surface area contributed by atoms with Crippen LogP contribution in [0.4, 0.5) is 18.9 Å². The van der Waals surface area contributed by atoms with E-state index in [2.05, 4.69) is 10.6 Å². The lowest BCUT2D eigenvalue weighted by atomic mass is 9.96. The molecule has 0 radical (unpaired) electrons. The van der Waals surface area contributed by atoms with Crippen LogP contribution in [-0.2, 0) is 4.79 Å². The van der Waals surface area contributed by atoms with Crippen LogP contribution in [0.5, 0.6) is 0 Å². The summed E-state index contributed by atoms with van der Waals surface area (Å²) in [5.74, 6) is -2.02. The SMILES string of the molecule is CC(C)[C@H](NCC(=O)Nc1cc(F)ccc1F)c1ccc(F)cc1. The number of anilines is 1. The second kappa shape index (κ2) is 7.97. The second-order valence-electron chi connectivity index (χ2n) is 5.83. The van der Waals surface area contributed by atoms with Crippen LogP contribution in [0.2, 0.25) is 0 Å². The predicted octanol–water partition coefficient (Wildman–Crippen LogP) is 4.03. The van der Waals surface area contributed by atoms with Gasteiger partial charge in [-0.15, -0.1) is 0 Å². The maximum atomic E-state index is 13.5. The van der Waals surface area contributed by atoms with E-state index in [9.17, 15) is 18.0 Å². The Bertz CT molecular complexity index is 702. The maximum absolute atomic E-state index is 13.5. The molecule has 0 fully saturated rings. The fourth-order valence-corrected chi connectivity index (χ4v) is 2.40. The zero-order chi connectivity index (χ0) is 17.7. The molecule has 0 aliphatic carbocycles. The van der Waals surface area contributed by atoms with Crippen LogP contribution in [0, 0.1) is 23.4 Å². The van der Waals surface area contributed by atoms with E-state index in [0.717, 1.165) is 23.8 Å². The lowest BCUT2D eigenvalue weighted by Crippen LogP contribution is -2.33. The summed E-state index contributed by atoms with van der Waals surface area (Å²) in [7, 11) is 0. The molecule has 3 nitrogen and oxygen atoms in total. The summed E-state index contributed by atoms with van der Waals surface area (Å²) >= 11 is 0. The summed E-state index contributed by atoms with van der Waals surface area (Å²) in [6.45, 7) is 3.84. The van der Waals surface area contributed by atoms with Crippen molar-refractivity contribution >= 4 is 11.6 Å². The van der Waals surface area contributed by atoms with Gasteiger partial charge in [0.15, 0.2) is 0 Å². The normalized spacial score (nSPS) is 12.2. The Kier molecular flexibility index (Phi) is 5.98. The molecule has 2 aromatic rings. The Morgan fingerprint density at radius 3 is 2.25 bits per heavy atom. The van der Waals surface area contributed by atoms with E-state index in [1.807, 2.05) is 13.8 Å². The van der Waals surface area contributed by atoms with Gasteiger partial charge in [0.25, 0.3) is 0 Å². The molecule has 0 heterocycles. The van der Waals surface area contributed by atoms with E-state index in [1.165, 1.54) is 12.1 Å². The Balaban J connectivity index is 2.00. The van der Waals surface area contributed by atoms with Crippen LogP contribution in [0.15, 0.2) is 42.5 Å². The average molecular weight is 336 g/mol. The van der Waals surface area contributed by atoms with Crippen molar-refractivity contribution in [2.45, 2.75) is 19.9 Å². The van der Waals surface area contributed by atoms with Crippen molar-refractivity contribution in [1.29, 1.82) is 0 Å². The van der Waals surface area contributed by atoms with Gasteiger partial charge in [0.05, 0.1) is 12.2 Å². The van der Waals surface area contributed by atoms with Gasteiger partial charge in [-0.2, -0.15) is 0 Å². The number of nitrogens with one attached hydrogen (secondary N) is 2. The summed E-state index contributed by atoms with van der Waals surface area (Å²) in [5, 5.41) is 5.39. The van der Waals surface area contributed by atoms with E-state index in [-0.39, 0.29) is 30.0 Å². The summed E-state index contributed by atoms with van der Waals surface area (Å²) in [6.07, 6.45) is 0. The minimum atomic E-state index is -0.705. The number of amides is 1. The molecule has 2 N–H and O–H groups in total. The number of hydrogen-bond donors (Lipinski definition) is 2. The van der Waals surface area contributed by atoms with Crippen LogP contribution in [0.1, 0.15) is 25.5 Å². The molecule has 2 aromatic carbocycles. The van der Waals surface area contributed by atoms with Crippen LogP contribution in [0.25, 0.3) is 0 Å². The van der Waals surface area contributed by atoms with E-state index in [1.54, 1.807) is 12.1 Å². The highest BCUT2D eigenvalue weighted by Crippen LogP contribution is 2.22. The summed E-state index contributed by atoms with van der Waals surface area (Å²) in [6, 6.07) is 8.69. The summed E-state index contributed by atoms with van der Waals surface area (Å²) in [5.41, 5.74) is 0.640. The van der Waals surface area contributed by atoms with Gasteiger partial charge in [0.2, 0.25) is 5.91 Å². The fraction of sp³-hybridized carbons (Fsp3) is 0.278. The van der Waals surface area contributed by atoms with Gasteiger partial charge >= 0.3 is 0 Å². The van der Waals surface area contributed by atoms with Gasteiger partial charge in [0, 0.05) is 12.1 Å². The van der Waals surface area contributed by atoms with Crippen molar-refractivity contribution in [3.63, 3.8) is 0 Å². The zero-order valence-corrected chi connectivity index (χ0v) is 13.4. The van der Waals surface area contributed by atoms with Gasteiger partial charge in [-0.25, -0.2) is 13.2 Å². The van der Waals surface area contributed by atoms with Gasteiger partial charge < -0.3 is 10.6 Å². The zero-order valence-electron chi connectivity index (χ0n) is 13.4. The van der Waals surface area contributed by atoms with Crippen LogP contribution in [-0.4, -0.2) is 12.5 Å². The third-order valence-corrected chi connectivity index (χ3v) is 3.58. The van der Waals surface area contributed by atoms with Crippen molar-refractivity contribution in [2.24, 2.45) is 5.92 Å². The molecular weight excluding hydrogens is 317 g/mol. The molecule has 128 valence electrons. The molecule has 2 rings (SSSR count). The Morgan fingerprint density at radius 1 is 1.00 bits per heavy atom. The van der Waals surface area contributed by atoms with E-state index in [4.69, 9.17) is 0 Å². The highest BCUT2D eigenvalue weighted by atomic mass is 19.1. The molecule has 6 heteroatoms. The average Bonchev–Trinajstić information content (AvgIpc) is 2.52. The Hall–Kier alpha value is -2.34. The monoisotopic (exact) mass is 336 g/mol. The molecule has 0 unspecified atom stereocenters. The number of benzene rings is 2. The molecule has 0 saturated carbocycles. The third-order valence-electron chi connectivity index (χ3n) is 3.58. The quantitative estimate of drug-likeness (QED) is 0.836. The lowest BCUT2D eigenvalue weighted by Gasteiger charge is -2.23. The molecule has 0 aliphatic heterocycles. The van der Waals surface area contributed by atoms with Gasteiger partial charge in [-0.05, 0) is 35.7 Å². The number of halogens is 3. The van der Waals surface area contributed by atoms with Crippen LogP contribution >= 0.6 is 0 Å². The highest BCUT2D eigenvalue weighted by Gasteiger charge is 2.17. The summed E-state index contributed by atoms with van der Waals surface area (Å²) < 4.78 is 39.7. The lowest BCUT2D eigenvalue weighted by molar-refractivity contribution is -0.115. The van der Waals surface area contributed by atoms with Crippen molar-refractivity contribution in [3.8, 4) is 0 Å². The van der Waals surface area contributed by atoms with Crippen molar-refractivity contribution in [1.82, 2.24) is 5.32 Å². The van der Waals surface area contributed by atoms with Crippen molar-refractivity contribution in [2.75, 3.05) is 11.9 Å². The van der Waals surface area contributed by atoms with E-state index >= 15 is 0 Å². The molecule has 24 heavy (non-hydrogen) atoms. The first-order chi connectivity index (χ1) is 11.4. The molecule has 0 bridgehead atoms. The van der Waals surface area contributed by atoms with Gasteiger partial charge in [-0.1, -0.05) is 26.0 Å². The van der Waals surface area contributed by atoms with Crippen molar-refractivity contribution in [3.05, 3.63) is 65.5 Å². The van der Waals surface area contributed by atoms with E-state index < -0.39 is 17.5 Å². The van der Waals surface area contributed by atoms with Gasteiger partial charge in [0.1, 0.15) is 17.5 Å². The predicted molar refractivity (Wildman–Crippen MR) is 87.0 cm³/mol. The number of carbonyl (C=O) groups is 1. The second-order valence-corrected chi connectivity index (χ2v) is 5.83. The van der Waals surface area contributed by atoms with Crippen LogP contribution in [0.3, 0.4) is 0 Å². The standard InChI is InChI=1S/C18H19F3N2O/c1-11(2)18(12-3-5-13(19)6-4-12)22-10-17(24)23-16-9-14(20)7-8-15(16)21/h3-9,11,18,22H,10H2,1-2H3,(H,23,24)/t18-/m0/s1. The molecule has 0 aromatic heterocycles. The summed E-state index contributed by atoms with van der Waals surface area (Å²) in [4.78, 5) is 12.0. The smallest absolute Gasteiger partial charge is 0.238 e. The topological polar surface area (TPSA) is 41.1 Å². The molecular formula is C18H19F3N2O. The van der Waals surface area contributed by atoms with E-state index in [0.29, 0.717) is 0 Å². The third kappa shape index (κ3) is 4.83. The fourth-order valence-electron chi connectivity index (χ4n) is 2.40. The molecule has 0 saturated heterocycles.